The predicted octanol–water partition coefficient (Wildman–Crippen LogP) is 1.73. The Morgan fingerprint density at radius 1 is 1.27 bits per heavy atom. The molecular weight excluding hydrogens is 334 g/mol. The second kappa shape index (κ2) is 6.15. The molecule has 1 saturated carbocycles. The van der Waals surface area contributed by atoms with Crippen LogP contribution in [0.15, 0.2) is 34.1 Å². The van der Waals surface area contributed by atoms with Crippen LogP contribution in [0.5, 0.6) is 0 Å². The van der Waals surface area contributed by atoms with Crippen molar-refractivity contribution in [1.82, 2.24) is 24.5 Å². The number of nitriles is 1. The summed E-state index contributed by atoms with van der Waals surface area (Å²) in [5, 5.41) is 12.7. The third-order valence-corrected chi connectivity index (χ3v) is 4.81. The lowest BCUT2D eigenvalue weighted by molar-refractivity contribution is 0.266. The average Bonchev–Trinajstić information content (AvgIpc) is 3.00. The summed E-state index contributed by atoms with van der Waals surface area (Å²) in [7, 11) is 0. The molecule has 1 fully saturated rings. The first-order chi connectivity index (χ1) is 12.6. The van der Waals surface area contributed by atoms with Gasteiger partial charge in [-0.2, -0.15) is 10.2 Å². The third kappa shape index (κ3) is 2.56. The van der Waals surface area contributed by atoms with Crippen molar-refractivity contribution in [2.75, 3.05) is 5.32 Å². The van der Waals surface area contributed by atoms with Crippen molar-refractivity contribution >= 4 is 22.8 Å². The van der Waals surface area contributed by atoms with Crippen LogP contribution in [0.1, 0.15) is 32.1 Å². The summed E-state index contributed by atoms with van der Waals surface area (Å²) in [5.41, 5.74) is -0.450. The molecule has 0 saturated heterocycles. The SMILES string of the molecule is N#CC1(n2c(=O)[nH]c3cnc(Nc4ccc[nH]c4=O)nc32)CCCCC1. The molecule has 3 N–H and O–H groups in total. The molecule has 9 heteroatoms. The minimum Gasteiger partial charge on any atom is -0.327 e. The number of rotatable bonds is 3. The van der Waals surface area contributed by atoms with Crippen LogP contribution in [0.25, 0.3) is 11.2 Å². The van der Waals surface area contributed by atoms with Crippen LogP contribution >= 0.6 is 0 Å². The first kappa shape index (κ1) is 16.1. The molecule has 26 heavy (non-hydrogen) atoms. The molecule has 0 amide bonds. The average molecular weight is 351 g/mol. The van der Waals surface area contributed by atoms with E-state index < -0.39 is 5.54 Å². The number of hydrogen-bond donors (Lipinski definition) is 3. The molecule has 9 nitrogen and oxygen atoms in total. The number of pyridine rings is 1. The zero-order chi connectivity index (χ0) is 18.1. The second-order valence-electron chi connectivity index (χ2n) is 6.44. The molecule has 3 aromatic heterocycles. The number of anilines is 2. The normalized spacial score (nSPS) is 16.3. The summed E-state index contributed by atoms with van der Waals surface area (Å²) in [6, 6.07) is 5.63. The Bertz CT molecular complexity index is 1110. The standard InChI is InChI=1S/C17H17N7O2/c18-10-17(6-2-1-3-7-17)24-13-12(22-16(24)26)9-20-15(23-13)21-11-5-4-8-19-14(11)25/h4-5,8-9H,1-3,6-7H2,(H,19,25)(H,22,26)(H,20,21,23). The van der Waals surface area contributed by atoms with Gasteiger partial charge in [-0.15, -0.1) is 0 Å². The molecule has 0 aromatic carbocycles. The monoisotopic (exact) mass is 351 g/mol. The topological polar surface area (TPSA) is 132 Å². The maximum absolute atomic E-state index is 12.5. The van der Waals surface area contributed by atoms with Crippen LogP contribution in [-0.4, -0.2) is 24.5 Å². The first-order valence-corrected chi connectivity index (χ1v) is 8.47. The van der Waals surface area contributed by atoms with E-state index in [1.165, 1.54) is 17.0 Å². The van der Waals surface area contributed by atoms with Gasteiger partial charge in [0.25, 0.3) is 5.56 Å². The van der Waals surface area contributed by atoms with Gasteiger partial charge in [0.1, 0.15) is 16.7 Å². The van der Waals surface area contributed by atoms with Gasteiger partial charge in [0.2, 0.25) is 5.95 Å². The Hall–Kier alpha value is -3.41. The van der Waals surface area contributed by atoms with E-state index in [0.717, 1.165) is 19.3 Å². The number of hydrogen-bond acceptors (Lipinski definition) is 6. The highest BCUT2D eigenvalue weighted by Crippen LogP contribution is 2.35. The minimum atomic E-state index is -0.899. The maximum Gasteiger partial charge on any atom is 0.329 e. The lowest BCUT2D eigenvalue weighted by Crippen LogP contribution is -2.40. The molecule has 132 valence electrons. The van der Waals surface area contributed by atoms with Crippen molar-refractivity contribution in [2.24, 2.45) is 0 Å². The highest BCUT2D eigenvalue weighted by Gasteiger charge is 2.37. The summed E-state index contributed by atoms with van der Waals surface area (Å²) in [4.78, 5) is 38.2. The number of aromatic amines is 2. The third-order valence-electron chi connectivity index (χ3n) is 4.81. The van der Waals surface area contributed by atoms with Crippen molar-refractivity contribution in [2.45, 2.75) is 37.6 Å². The largest absolute Gasteiger partial charge is 0.329 e. The van der Waals surface area contributed by atoms with E-state index in [1.54, 1.807) is 12.1 Å². The van der Waals surface area contributed by atoms with E-state index in [4.69, 9.17) is 0 Å². The number of imidazole rings is 1. The van der Waals surface area contributed by atoms with Crippen molar-refractivity contribution < 1.29 is 0 Å². The van der Waals surface area contributed by atoms with Gasteiger partial charge >= 0.3 is 5.69 Å². The van der Waals surface area contributed by atoms with E-state index in [1.807, 2.05) is 0 Å². The van der Waals surface area contributed by atoms with Crippen LogP contribution in [0, 0.1) is 11.3 Å². The van der Waals surface area contributed by atoms with Crippen LogP contribution in [-0.2, 0) is 5.54 Å². The highest BCUT2D eigenvalue weighted by atomic mass is 16.1. The number of nitrogens with one attached hydrogen (secondary N) is 3. The molecule has 4 rings (SSSR count). The fraction of sp³-hybridized carbons (Fsp3) is 0.353. The summed E-state index contributed by atoms with van der Waals surface area (Å²) < 4.78 is 1.45. The Morgan fingerprint density at radius 3 is 2.81 bits per heavy atom. The van der Waals surface area contributed by atoms with Gasteiger partial charge < -0.3 is 15.3 Å². The van der Waals surface area contributed by atoms with E-state index in [2.05, 4.69) is 31.3 Å². The molecule has 0 unspecified atom stereocenters. The molecule has 1 aliphatic rings. The lowest BCUT2D eigenvalue weighted by atomic mass is 9.82. The van der Waals surface area contributed by atoms with Crippen LogP contribution < -0.4 is 16.6 Å². The van der Waals surface area contributed by atoms with Gasteiger partial charge in [-0.3, -0.25) is 9.36 Å². The van der Waals surface area contributed by atoms with Crippen molar-refractivity contribution in [1.29, 1.82) is 5.26 Å². The van der Waals surface area contributed by atoms with Crippen LogP contribution in [0.2, 0.25) is 0 Å². The van der Waals surface area contributed by atoms with Gasteiger partial charge in [-0.1, -0.05) is 19.3 Å². The molecule has 0 spiro atoms. The lowest BCUT2D eigenvalue weighted by Gasteiger charge is -2.31. The highest BCUT2D eigenvalue weighted by molar-refractivity contribution is 5.72. The Balaban J connectivity index is 1.83. The number of aromatic nitrogens is 5. The van der Waals surface area contributed by atoms with E-state index >= 15 is 0 Å². The van der Waals surface area contributed by atoms with Gasteiger partial charge in [-0.25, -0.2) is 9.78 Å². The fourth-order valence-electron chi connectivity index (χ4n) is 3.52. The molecular formula is C17H17N7O2. The van der Waals surface area contributed by atoms with Crippen molar-refractivity contribution in [3.8, 4) is 6.07 Å². The van der Waals surface area contributed by atoms with Crippen molar-refractivity contribution in [3.05, 3.63) is 45.4 Å². The smallest absolute Gasteiger partial charge is 0.327 e. The van der Waals surface area contributed by atoms with Gasteiger partial charge in [0.15, 0.2) is 5.65 Å². The number of fused-ring (bicyclic) bond motifs is 1. The molecule has 0 bridgehead atoms. The van der Waals surface area contributed by atoms with E-state index in [0.29, 0.717) is 29.7 Å². The molecule has 0 aliphatic heterocycles. The quantitative estimate of drug-likeness (QED) is 0.658. The summed E-state index contributed by atoms with van der Waals surface area (Å²) in [6.45, 7) is 0. The Labute approximate surface area is 147 Å². The molecule has 3 heterocycles. The Morgan fingerprint density at radius 2 is 2.08 bits per heavy atom. The molecule has 0 atom stereocenters. The number of H-pyrrole nitrogens is 2. The number of nitrogens with zero attached hydrogens (tertiary/aromatic N) is 4. The Kier molecular flexibility index (Phi) is 3.80. The molecule has 3 aromatic rings. The predicted molar refractivity (Wildman–Crippen MR) is 95.2 cm³/mol. The van der Waals surface area contributed by atoms with Gasteiger partial charge in [0.05, 0.1) is 12.3 Å². The molecule has 0 radical (unpaired) electrons. The van der Waals surface area contributed by atoms with Gasteiger partial charge in [0, 0.05) is 6.20 Å². The fourth-order valence-corrected chi connectivity index (χ4v) is 3.52. The summed E-state index contributed by atoms with van der Waals surface area (Å²) >= 11 is 0. The zero-order valence-electron chi connectivity index (χ0n) is 14.0. The second-order valence-corrected chi connectivity index (χ2v) is 6.44. The van der Waals surface area contributed by atoms with Crippen molar-refractivity contribution in [3.63, 3.8) is 0 Å². The first-order valence-electron chi connectivity index (χ1n) is 8.47. The van der Waals surface area contributed by atoms with Gasteiger partial charge in [-0.05, 0) is 25.0 Å². The van der Waals surface area contributed by atoms with E-state index in [9.17, 15) is 14.9 Å². The molecule has 1 aliphatic carbocycles. The van der Waals surface area contributed by atoms with Crippen LogP contribution in [0.3, 0.4) is 0 Å². The summed E-state index contributed by atoms with van der Waals surface area (Å²) in [5.74, 6) is 0.186. The van der Waals surface area contributed by atoms with Crippen LogP contribution in [0.4, 0.5) is 11.6 Å². The van der Waals surface area contributed by atoms with E-state index in [-0.39, 0.29) is 17.2 Å². The summed E-state index contributed by atoms with van der Waals surface area (Å²) in [6.07, 6.45) is 7.07. The maximum atomic E-state index is 12.5. The minimum absolute atomic E-state index is 0.186. The zero-order valence-corrected chi connectivity index (χ0v) is 14.0.